The van der Waals surface area contributed by atoms with Gasteiger partial charge in [-0.05, 0) is 43.2 Å². The molecule has 0 amide bonds. The fourth-order valence-electron chi connectivity index (χ4n) is 4.51. The minimum Gasteiger partial charge on any atom is -0.477 e. The molecule has 0 N–H and O–H groups in total. The Morgan fingerprint density at radius 1 is 1.03 bits per heavy atom. The molecule has 168 valence electrons. The maximum atomic E-state index is 14.3. The van der Waals surface area contributed by atoms with Gasteiger partial charge in [-0.15, -0.1) is 0 Å². The van der Waals surface area contributed by atoms with Crippen LogP contribution < -0.4 is 10.4 Å². The molecular weight excluding hydrogens is 441 g/mol. The number of hydrogen-bond acceptors (Lipinski definition) is 4. The van der Waals surface area contributed by atoms with Crippen LogP contribution in [0, 0.1) is 19.7 Å². The van der Waals surface area contributed by atoms with Crippen molar-refractivity contribution in [2.75, 3.05) is 6.73 Å². The van der Waals surface area contributed by atoms with Crippen molar-refractivity contribution in [2.24, 2.45) is 0 Å². The van der Waals surface area contributed by atoms with Gasteiger partial charge in [-0.1, -0.05) is 48.0 Å². The van der Waals surface area contributed by atoms with E-state index in [2.05, 4.69) is 0 Å². The third-order valence-electron chi connectivity index (χ3n) is 6.29. The maximum absolute atomic E-state index is 14.3. The van der Waals surface area contributed by atoms with Crippen LogP contribution in [0.5, 0.6) is 5.75 Å². The van der Waals surface area contributed by atoms with Crippen molar-refractivity contribution in [3.05, 3.63) is 109 Å². The molecule has 0 saturated heterocycles. The Morgan fingerprint density at radius 2 is 1.82 bits per heavy atom. The predicted molar refractivity (Wildman–Crippen MR) is 127 cm³/mol. The molecule has 0 unspecified atom stereocenters. The van der Waals surface area contributed by atoms with E-state index in [1.807, 2.05) is 55.1 Å². The Balaban J connectivity index is 1.53. The van der Waals surface area contributed by atoms with Crippen LogP contribution in [0.25, 0.3) is 11.0 Å². The van der Waals surface area contributed by atoms with Gasteiger partial charge in [0, 0.05) is 52.2 Å². The SMILES string of the molecule is Cc1c(Cc2ccccc2)c(=O)oc2c(C)c3c(cc12)CN(Cc1c(F)cccc1Cl)CO3. The van der Waals surface area contributed by atoms with E-state index in [1.54, 1.807) is 12.1 Å². The zero-order valence-corrected chi connectivity index (χ0v) is 19.2. The quantitative estimate of drug-likeness (QED) is 0.341. The van der Waals surface area contributed by atoms with Crippen LogP contribution in [-0.4, -0.2) is 11.6 Å². The summed E-state index contributed by atoms with van der Waals surface area (Å²) < 4.78 is 26.1. The fraction of sp³-hybridized carbons (Fsp3) is 0.222. The summed E-state index contributed by atoms with van der Waals surface area (Å²) in [6, 6.07) is 16.6. The lowest BCUT2D eigenvalue weighted by Crippen LogP contribution is -2.32. The molecule has 3 aromatic carbocycles. The minimum atomic E-state index is -0.328. The Hall–Kier alpha value is -3.15. The van der Waals surface area contributed by atoms with Gasteiger partial charge in [0.1, 0.15) is 23.9 Å². The van der Waals surface area contributed by atoms with Crippen molar-refractivity contribution in [2.45, 2.75) is 33.4 Å². The molecule has 2 heterocycles. The van der Waals surface area contributed by atoms with Crippen LogP contribution >= 0.6 is 11.6 Å². The predicted octanol–water partition coefficient (Wildman–Crippen LogP) is 6.15. The first-order valence-electron chi connectivity index (χ1n) is 10.8. The van der Waals surface area contributed by atoms with Gasteiger partial charge in [0.25, 0.3) is 0 Å². The third-order valence-corrected chi connectivity index (χ3v) is 6.64. The van der Waals surface area contributed by atoms with Crippen molar-refractivity contribution < 1.29 is 13.5 Å². The lowest BCUT2D eigenvalue weighted by Gasteiger charge is -2.30. The second kappa shape index (κ2) is 8.65. The molecule has 0 aliphatic carbocycles. The average molecular weight is 464 g/mol. The van der Waals surface area contributed by atoms with Crippen molar-refractivity contribution in [1.29, 1.82) is 0 Å². The Morgan fingerprint density at radius 3 is 2.58 bits per heavy atom. The van der Waals surface area contributed by atoms with Crippen LogP contribution in [-0.2, 0) is 19.5 Å². The molecule has 0 radical (unpaired) electrons. The van der Waals surface area contributed by atoms with E-state index in [1.165, 1.54) is 6.07 Å². The molecule has 4 nitrogen and oxygen atoms in total. The van der Waals surface area contributed by atoms with E-state index in [0.717, 1.165) is 33.4 Å². The first-order valence-corrected chi connectivity index (χ1v) is 11.2. The highest BCUT2D eigenvalue weighted by Crippen LogP contribution is 2.37. The second-order valence-corrected chi connectivity index (χ2v) is 8.89. The van der Waals surface area contributed by atoms with Crippen LogP contribution in [0.1, 0.15) is 33.4 Å². The van der Waals surface area contributed by atoms with Crippen molar-refractivity contribution in [3.63, 3.8) is 0 Å². The highest BCUT2D eigenvalue weighted by Gasteiger charge is 2.25. The fourth-order valence-corrected chi connectivity index (χ4v) is 4.73. The second-order valence-electron chi connectivity index (χ2n) is 8.48. The number of ether oxygens (including phenoxy) is 1. The molecule has 5 rings (SSSR count). The number of hydrogen-bond donors (Lipinski definition) is 0. The Bertz CT molecular complexity index is 1390. The van der Waals surface area contributed by atoms with Crippen LogP contribution in [0.2, 0.25) is 5.02 Å². The molecule has 0 saturated carbocycles. The van der Waals surface area contributed by atoms with Crippen molar-refractivity contribution >= 4 is 22.6 Å². The molecule has 1 aliphatic rings. The number of nitrogens with zero attached hydrogens (tertiary/aromatic N) is 1. The highest BCUT2D eigenvalue weighted by molar-refractivity contribution is 6.31. The first kappa shape index (κ1) is 21.7. The maximum Gasteiger partial charge on any atom is 0.340 e. The number of aryl methyl sites for hydroxylation is 2. The standard InChI is InChI=1S/C27H23ClFNO3/c1-16-20-12-19-13-30(14-22-23(28)9-6-10-24(22)29)15-32-25(19)17(2)26(20)33-27(31)21(16)11-18-7-4-3-5-8-18/h3-10,12H,11,13-15H2,1-2H3. The van der Waals surface area contributed by atoms with E-state index >= 15 is 0 Å². The zero-order valence-electron chi connectivity index (χ0n) is 18.5. The van der Waals surface area contributed by atoms with Gasteiger partial charge >= 0.3 is 5.63 Å². The first-order chi connectivity index (χ1) is 15.9. The van der Waals surface area contributed by atoms with Gasteiger partial charge in [0.15, 0.2) is 0 Å². The van der Waals surface area contributed by atoms with E-state index in [0.29, 0.717) is 48.0 Å². The topological polar surface area (TPSA) is 42.7 Å². The van der Waals surface area contributed by atoms with Crippen LogP contribution in [0.3, 0.4) is 0 Å². The van der Waals surface area contributed by atoms with Crippen molar-refractivity contribution in [1.82, 2.24) is 4.90 Å². The number of benzene rings is 3. The monoisotopic (exact) mass is 463 g/mol. The Kier molecular flexibility index (Phi) is 5.69. The number of rotatable bonds is 4. The largest absolute Gasteiger partial charge is 0.477 e. The van der Waals surface area contributed by atoms with E-state index in [9.17, 15) is 9.18 Å². The summed E-state index contributed by atoms with van der Waals surface area (Å²) in [4.78, 5) is 14.8. The summed E-state index contributed by atoms with van der Waals surface area (Å²) >= 11 is 6.22. The summed E-state index contributed by atoms with van der Waals surface area (Å²) in [5.74, 6) is 0.392. The molecule has 1 aliphatic heterocycles. The highest BCUT2D eigenvalue weighted by atomic mass is 35.5. The normalized spacial score (nSPS) is 13.7. The molecule has 4 aromatic rings. The van der Waals surface area contributed by atoms with E-state index in [4.69, 9.17) is 20.8 Å². The molecule has 0 atom stereocenters. The molecule has 0 bridgehead atoms. The average Bonchev–Trinajstić information content (AvgIpc) is 2.81. The van der Waals surface area contributed by atoms with Crippen LogP contribution in [0.4, 0.5) is 4.39 Å². The molecule has 0 spiro atoms. The lowest BCUT2D eigenvalue weighted by molar-refractivity contribution is 0.0871. The summed E-state index contributed by atoms with van der Waals surface area (Å²) in [5, 5.41) is 1.30. The molecule has 33 heavy (non-hydrogen) atoms. The summed E-state index contributed by atoms with van der Waals surface area (Å²) in [6.07, 6.45) is 0.509. The van der Waals surface area contributed by atoms with Gasteiger partial charge < -0.3 is 9.15 Å². The van der Waals surface area contributed by atoms with Gasteiger partial charge in [0.2, 0.25) is 0 Å². The molecule has 0 fully saturated rings. The van der Waals surface area contributed by atoms with Gasteiger partial charge in [-0.3, -0.25) is 4.90 Å². The van der Waals surface area contributed by atoms with E-state index in [-0.39, 0.29) is 11.4 Å². The van der Waals surface area contributed by atoms with Crippen molar-refractivity contribution in [3.8, 4) is 5.75 Å². The summed E-state index contributed by atoms with van der Waals surface area (Å²) in [7, 11) is 0. The lowest BCUT2D eigenvalue weighted by atomic mass is 9.96. The minimum absolute atomic E-state index is 0.291. The molecular formula is C27H23ClFNO3. The number of halogens is 2. The Labute approximate surface area is 196 Å². The molecule has 1 aromatic heterocycles. The zero-order chi connectivity index (χ0) is 23.1. The van der Waals surface area contributed by atoms with Gasteiger partial charge in [-0.25, -0.2) is 9.18 Å². The third kappa shape index (κ3) is 4.03. The molecule has 6 heteroatoms. The summed E-state index contributed by atoms with van der Waals surface area (Å²) in [5.41, 5.74) is 5.08. The summed E-state index contributed by atoms with van der Waals surface area (Å²) in [6.45, 7) is 5.07. The van der Waals surface area contributed by atoms with Gasteiger partial charge in [-0.2, -0.15) is 0 Å². The number of fused-ring (bicyclic) bond motifs is 2. The smallest absolute Gasteiger partial charge is 0.340 e. The van der Waals surface area contributed by atoms with E-state index < -0.39 is 0 Å². The van der Waals surface area contributed by atoms with Crippen LogP contribution in [0.15, 0.2) is 63.8 Å². The van der Waals surface area contributed by atoms with Gasteiger partial charge in [0.05, 0.1) is 0 Å².